The second-order valence-corrected chi connectivity index (χ2v) is 1.32. The largest absolute Gasteiger partial charge is 0.357 e. The minimum absolute atomic E-state index is 0.250. The fraction of sp³-hybridized carbons (Fsp3) is 0.750. The van der Waals surface area contributed by atoms with Crippen LogP contribution in [-0.2, 0) is 4.79 Å². The molecular weight excluding hydrogens is 111 g/mol. The normalized spacial score (nSPS) is 12.9. The number of hydrogen-bond donors (Lipinski definition) is 2. The van der Waals surface area contributed by atoms with Crippen LogP contribution in [0.1, 0.15) is 0 Å². The van der Waals surface area contributed by atoms with E-state index < -0.39 is 12.1 Å². The zero-order valence-electron chi connectivity index (χ0n) is 4.65. The number of amides is 1. The fourth-order valence-corrected chi connectivity index (χ4v) is 0.264. The Hall–Kier alpha value is -0.640. The van der Waals surface area contributed by atoms with Crippen LogP contribution in [0.25, 0.3) is 0 Å². The Morgan fingerprint density at radius 3 is 2.62 bits per heavy atom. The summed E-state index contributed by atoms with van der Waals surface area (Å²) in [6, 6.07) is 0. The molecule has 0 aliphatic rings. The molecule has 0 aromatic heterocycles. The number of alkyl halides is 1. The molecule has 0 aromatic carbocycles. The highest BCUT2D eigenvalue weighted by molar-refractivity contribution is 5.80. The minimum atomic E-state index is -1.56. The lowest BCUT2D eigenvalue weighted by molar-refractivity contribution is -0.125. The molecule has 0 rings (SSSR count). The molecule has 1 atom stereocenters. The van der Waals surface area contributed by atoms with Crippen LogP contribution in [0.5, 0.6) is 0 Å². The third-order valence-corrected chi connectivity index (χ3v) is 0.738. The van der Waals surface area contributed by atoms with Gasteiger partial charge < -0.3 is 11.1 Å². The van der Waals surface area contributed by atoms with Gasteiger partial charge in [0, 0.05) is 13.6 Å². The Morgan fingerprint density at radius 1 is 2.00 bits per heavy atom. The van der Waals surface area contributed by atoms with Gasteiger partial charge in [-0.25, -0.2) is 4.39 Å². The van der Waals surface area contributed by atoms with E-state index in [1.165, 1.54) is 7.05 Å². The summed E-state index contributed by atoms with van der Waals surface area (Å²) >= 11 is 0. The Kier molecular flexibility index (Phi) is 3.10. The number of nitrogens with one attached hydrogen (secondary N) is 1. The van der Waals surface area contributed by atoms with Gasteiger partial charge in [0.2, 0.25) is 0 Å². The molecule has 0 saturated heterocycles. The summed E-state index contributed by atoms with van der Waals surface area (Å²) in [5, 5.41) is 2.12. The maximum Gasteiger partial charge on any atom is 0.255 e. The summed E-state index contributed by atoms with van der Waals surface area (Å²) in [6.45, 7) is -0.250. The standard InChI is InChI=1S/C4H9FN2O/c1-7-4(8)3(5)2-6/h3H,2,6H2,1H3,(H,7,8)/t3-/m1/s1. The lowest BCUT2D eigenvalue weighted by Crippen LogP contribution is -2.33. The Balaban J connectivity index is 3.46. The predicted molar refractivity (Wildman–Crippen MR) is 28.0 cm³/mol. The monoisotopic (exact) mass is 120 g/mol. The summed E-state index contributed by atoms with van der Waals surface area (Å²) in [5.41, 5.74) is 4.81. The van der Waals surface area contributed by atoms with Crippen LogP contribution in [0.4, 0.5) is 4.39 Å². The summed E-state index contributed by atoms with van der Waals surface area (Å²) in [5.74, 6) is -0.660. The molecule has 0 aliphatic carbocycles. The highest BCUT2D eigenvalue weighted by atomic mass is 19.1. The zero-order valence-corrected chi connectivity index (χ0v) is 4.65. The van der Waals surface area contributed by atoms with Crippen LogP contribution in [0.3, 0.4) is 0 Å². The van der Waals surface area contributed by atoms with E-state index in [1.807, 2.05) is 0 Å². The molecule has 0 radical (unpaired) electrons. The molecule has 8 heavy (non-hydrogen) atoms. The Labute approximate surface area is 47.1 Å². The van der Waals surface area contributed by atoms with Crippen molar-refractivity contribution in [3.05, 3.63) is 0 Å². The molecule has 3 N–H and O–H groups in total. The van der Waals surface area contributed by atoms with Gasteiger partial charge in [0.15, 0.2) is 6.17 Å². The number of carbonyl (C=O) groups is 1. The number of hydrogen-bond acceptors (Lipinski definition) is 2. The molecule has 0 saturated carbocycles. The highest BCUT2D eigenvalue weighted by Crippen LogP contribution is 1.83. The molecule has 0 unspecified atom stereocenters. The predicted octanol–water partition coefficient (Wildman–Crippen LogP) is -0.971. The summed E-state index contributed by atoms with van der Waals surface area (Å²) < 4.78 is 12.0. The summed E-state index contributed by atoms with van der Waals surface area (Å²) in [6.07, 6.45) is -1.56. The first kappa shape index (κ1) is 7.36. The maximum absolute atomic E-state index is 12.0. The van der Waals surface area contributed by atoms with Gasteiger partial charge in [0.1, 0.15) is 0 Å². The molecule has 1 amide bonds. The highest BCUT2D eigenvalue weighted by Gasteiger charge is 2.11. The number of rotatable bonds is 2. The summed E-state index contributed by atoms with van der Waals surface area (Å²) in [4.78, 5) is 10.2. The number of halogens is 1. The van der Waals surface area contributed by atoms with Crippen LogP contribution in [-0.4, -0.2) is 25.7 Å². The Bertz CT molecular complexity index is 86.1. The molecule has 0 aromatic rings. The van der Waals surface area contributed by atoms with Crippen molar-refractivity contribution in [2.75, 3.05) is 13.6 Å². The van der Waals surface area contributed by atoms with Crippen molar-refractivity contribution < 1.29 is 9.18 Å². The molecule has 0 bridgehead atoms. The van der Waals surface area contributed by atoms with Crippen LogP contribution in [0.15, 0.2) is 0 Å². The molecular formula is C4H9FN2O. The molecule has 4 heteroatoms. The first-order valence-electron chi connectivity index (χ1n) is 2.28. The van der Waals surface area contributed by atoms with Gasteiger partial charge in [-0.2, -0.15) is 0 Å². The van der Waals surface area contributed by atoms with Gasteiger partial charge in [0.05, 0.1) is 0 Å². The van der Waals surface area contributed by atoms with Crippen molar-refractivity contribution >= 4 is 5.91 Å². The quantitative estimate of drug-likeness (QED) is 0.492. The van der Waals surface area contributed by atoms with Crippen molar-refractivity contribution in [1.29, 1.82) is 0 Å². The number of nitrogens with two attached hydrogens (primary N) is 1. The Morgan fingerprint density at radius 2 is 2.50 bits per heavy atom. The van der Waals surface area contributed by atoms with Gasteiger partial charge in [-0.15, -0.1) is 0 Å². The van der Waals surface area contributed by atoms with Crippen LogP contribution in [0.2, 0.25) is 0 Å². The van der Waals surface area contributed by atoms with Crippen molar-refractivity contribution in [1.82, 2.24) is 5.32 Å². The molecule has 0 heterocycles. The average Bonchev–Trinajstić information content (AvgIpc) is 1.84. The van der Waals surface area contributed by atoms with E-state index in [4.69, 9.17) is 5.73 Å². The maximum atomic E-state index is 12.0. The van der Waals surface area contributed by atoms with Crippen molar-refractivity contribution in [2.45, 2.75) is 6.17 Å². The second-order valence-electron chi connectivity index (χ2n) is 1.32. The van der Waals surface area contributed by atoms with E-state index in [0.717, 1.165) is 0 Å². The van der Waals surface area contributed by atoms with E-state index >= 15 is 0 Å². The van der Waals surface area contributed by atoms with Gasteiger partial charge in [-0.1, -0.05) is 0 Å². The summed E-state index contributed by atoms with van der Waals surface area (Å²) in [7, 11) is 1.37. The SMILES string of the molecule is CNC(=O)[C@H](F)CN. The van der Waals surface area contributed by atoms with Gasteiger partial charge in [-0.3, -0.25) is 4.79 Å². The lowest BCUT2D eigenvalue weighted by Gasteiger charge is -2.00. The van der Waals surface area contributed by atoms with Crippen LogP contribution >= 0.6 is 0 Å². The van der Waals surface area contributed by atoms with Crippen LogP contribution < -0.4 is 11.1 Å². The van der Waals surface area contributed by atoms with E-state index in [1.54, 1.807) is 0 Å². The van der Waals surface area contributed by atoms with Gasteiger partial charge in [-0.05, 0) is 0 Å². The fourth-order valence-electron chi connectivity index (χ4n) is 0.264. The van der Waals surface area contributed by atoms with Gasteiger partial charge >= 0.3 is 0 Å². The van der Waals surface area contributed by atoms with Gasteiger partial charge in [0.25, 0.3) is 5.91 Å². The average molecular weight is 120 g/mol. The van der Waals surface area contributed by atoms with E-state index in [9.17, 15) is 9.18 Å². The third kappa shape index (κ3) is 1.88. The first-order valence-corrected chi connectivity index (χ1v) is 2.28. The molecule has 48 valence electrons. The first-order chi connectivity index (χ1) is 3.72. The second kappa shape index (κ2) is 3.37. The number of carbonyl (C=O) groups excluding carboxylic acids is 1. The smallest absolute Gasteiger partial charge is 0.255 e. The molecule has 0 aliphatic heterocycles. The molecule has 0 fully saturated rings. The molecule has 3 nitrogen and oxygen atoms in total. The third-order valence-electron chi connectivity index (χ3n) is 0.738. The van der Waals surface area contributed by atoms with Crippen molar-refractivity contribution in [3.63, 3.8) is 0 Å². The van der Waals surface area contributed by atoms with E-state index in [-0.39, 0.29) is 6.54 Å². The van der Waals surface area contributed by atoms with E-state index in [2.05, 4.69) is 5.32 Å². The minimum Gasteiger partial charge on any atom is -0.357 e. The van der Waals surface area contributed by atoms with Crippen LogP contribution in [0, 0.1) is 0 Å². The zero-order chi connectivity index (χ0) is 6.57. The molecule has 0 spiro atoms. The van der Waals surface area contributed by atoms with Crippen molar-refractivity contribution in [3.8, 4) is 0 Å². The van der Waals surface area contributed by atoms with Crippen molar-refractivity contribution in [2.24, 2.45) is 5.73 Å². The topological polar surface area (TPSA) is 55.1 Å². The van der Waals surface area contributed by atoms with E-state index in [0.29, 0.717) is 0 Å². The lowest BCUT2D eigenvalue weighted by atomic mass is 10.4.